The molecule has 5 nitrogen and oxygen atoms in total. The fraction of sp³-hybridized carbons (Fsp3) is 0.667. The lowest BCUT2D eigenvalue weighted by atomic mass is 10.3. The molecular weight excluding hydrogens is 296 g/mol. The highest BCUT2D eigenvalue weighted by Gasteiger charge is 2.11. The molecule has 0 unspecified atom stereocenters. The maximum Gasteiger partial charge on any atom is 0.233 e. The lowest BCUT2D eigenvalue weighted by Crippen LogP contribution is -2.34. The Morgan fingerprint density at radius 1 is 1.44 bits per heavy atom. The molecule has 0 saturated carbocycles. The molecule has 1 heterocycles. The van der Waals surface area contributed by atoms with Crippen LogP contribution in [0.1, 0.15) is 31.7 Å². The smallest absolute Gasteiger partial charge is 0.233 e. The van der Waals surface area contributed by atoms with Crippen LogP contribution < -0.4 is 10.6 Å². The molecule has 0 atom stereocenters. The van der Waals surface area contributed by atoms with Gasteiger partial charge in [-0.25, -0.2) is 0 Å². The van der Waals surface area contributed by atoms with Gasteiger partial charge in [0.15, 0.2) is 0 Å². The molecule has 0 spiro atoms. The average molecular weight is 317 g/mol. The van der Waals surface area contributed by atoms with Crippen molar-refractivity contribution in [2.75, 3.05) is 13.1 Å². The van der Waals surface area contributed by atoms with Gasteiger partial charge in [0.1, 0.15) is 0 Å². The zero-order chi connectivity index (χ0) is 13.5. The molecule has 1 aromatic rings. The Kier molecular flexibility index (Phi) is 6.35. The van der Waals surface area contributed by atoms with Gasteiger partial charge >= 0.3 is 0 Å². The molecule has 0 bridgehead atoms. The molecule has 0 aliphatic carbocycles. The van der Waals surface area contributed by atoms with Gasteiger partial charge in [0, 0.05) is 19.6 Å². The fourth-order valence-corrected chi connectivity index (χ4v) is 2.08. The summed E-state index contributed by atoms with van der Waals surface area (Å²) in [5, 5.41) is 10.4. The average Bonchev–Trinajstić information content (AvgIpc) is 2.63. The SMILES string of the molecule is CCCNC(=O)CNCc1c(Br)c(C)nn1CC. The fourth-order valence-electron chi connectivity index (χ4n) is 1.66. The normalized spacial score (nSPS) is 10.7. The number of aryl methyl sites for hydroxylation is 2. The summed E-state index contributed by atoms with van der Waals surface area (Å²) >= 11 is 3.53. The highest BCUT2D eigenvalue weighted by Crippen LogP contribution is 2.20. The monoisotopic (exact) mass is 316 g/mol. The molecule has 1 aromatic heterocycles. The van der Waals surface area contributed by atoms with Crippen molar-refractivity contribution in [2.24, 2.45) is 0 Å². The minimum Gasteiger partial charge on any atom is -0.355 e. The van der Waals surface area contributed by atoms with Crippen LogP contribution in [0.2, 0.25) is 0 Å². The van der Waals surface area contributed by atoms with Crippen molar-refractivity contribution < 1.29 is 4.79 Å². The summed E-state index contributed by atoms with van der Waals surface area (Å²) in [5.41, 5.74) is 2.06. The van der Waals surface area contributed by atoms with Crippen LogP contribution in [0.4, 0.5) is 0 Å². The van der Waals surface area contributed by atoms with Gasteiger partial charge in [-0.15, -0.1) is 0 Å². The second-order valence-corrected chi connectivity index (χ2v) is 4.91. The van der Waals surface area contributed by atoms with E-state index in [-0.39, 0.29) is 5.91 Å². The van der Waals surface area contributed by atoms with E-state index in [9.17, 15) is 4.79 Å². The number of halogens is 1. The van der Waals surface area contributed by atoms with E-state index in [1.54, 1.807) is 0 Å². The Bertz CT molecular complexity index is 403. The topological polar surface area (TPSA) is 59.0 Å². The lowest BCUT2D eigenvalue weighted by Gasteiger charge is -2.08. The minimum atomic E-state index is 0.0345. The van der Waals surface area contributed by atoms with Crippen LogP contribution in [0.25, 0.3) is 0 Å². The molecule has 0 radical (unpaired) electrons. The van der Waals surface area contributed by atoms with Crippen molar-refractivity contribution in [3.8, 4) is 0 Å². The van der Waals surface area contributed by atoms with Crippen molar-refractivity contribution in [1.29, 1.82) is 0 Å². The molecule has 0 aliphatic heterocycles. The van der Waals surface area contributed by atoms with Gasteiger partial charge in [-0.05, 0) is 36.2 Å². The Labute approximate surface area is 116 Å². The maximum absolute atomic E-state index is 11.4. The first-order valence-corrected chi connectivity index (χ1v) is 7.08. The van der Waals surface area contributed by atoms with Crippen molar-refractivity contribution in [3.63, 3.8) is 0 Å². The quantitative estimate of drug-likeness (QED) is 0.803. The summed E-state index contributed by atoms with van der Waals surface area (Å²) < 4.78 is 2.96. The van der Waals surface area contributed by atoms with E-state index < -0.39 is 0 Å². The second-order valence-electron chi connectivity index (χ2n) is 4.12. The molecule has 0 aromatic carbocycles. The van der Waals surface area contributed by atoms with Gasteiger partial charge < -0.3 is 10.6 Å². The summed E-state index contributed by atoms with van der Waals surface area (Å²) in [4.78, 5) is 11.4. The van der Waals surface area contributed by atoms with Crippen LogP contribution in [0, 0.1) is 6.92 Å². The number of carbonyl (C=O) groups excluding carboxylic acids is 1. The molecule has 0 fully saturated rings. The zero-order valence-corrected chi connectivity index (χ0v) is 12.8. The largest absolute Gasteiger partial charge is 0.355 e. The van der Waals surface area contributed by atoms with E-state index in [0.29, 0.717) is 13.1 Å². The van der Waals surface area contributed by atoms with Crippen molar-refractivity contribution in [2.45, 2.75) is 40.3 Å². The number of hydrogen-bond acceptors (Lipinski definition) is 3. The molecule has 102 valence electrons. The summed E-state index contributed by atoms with van der Waals surface area (Å²) in [6.07, 6.45) is 0.957. The minimum absolute atomic E-state index is 0.0345. The molecule has 0 aliphatic rings. The van der Waals surface area contributed by atoms with Crippen LogP contribution in [0.5, 0.6) is 0 Å². The summed E-state index contributed by atoms with van der Waals surface area (Å²) in [6.45, 7) is 8.58. The van der Waals surface area contributed by atoms with Gasteiger partial charge in [-0.3, -0.25) is 9.48 Å². The molecule has 18 heavy (non-hydrogen) atoms. The van der Waals surface area contributed by atoms with Gasteiger partial charge in [0.05, 0.1) is 22.4 Å². The number of nitrogens with one attached hydrogen (secondary N) is 2. The van der Waals surface area contributed by atoms with E-state index >= 15 is 0 Å². The van der Waals surface area contributed by atoms with E-state index in [1.165, 1.54) is 0 Å². The Morgan fingerprint density at radius 3 is 2.78 bits per heavy atom. The predicted octanol–water partition coefficient (Wildman–Crippen LogP) is 1.59. The maximum atomic E-state index is 11.4. The highest BCUT2D eigenvalue weighted by atomic mass is 79.9. The zero-order valence-electron chi connectivity index (χ0n) is 11.2. The van der Waals surface area contributed by atoms with Crippen LogP contribution >= 0.6 is 15.9 Å². The number of carbonyl (C=O) groups is 1. The van der Waals surface area contributed by atoms with Crippen LogP contribution in [0.3, 0.4) is 0 Å². The highest BCUT2D eigenvalue weighted by molar-refractivity contribution is 9.10. The first-order chi connectivity index (χ1) is 8.60. The standard InChI is InChI=1S/C12H21BrN4O/c1-4-6-15-11(18)8-14-7-10-12(13)9(3)16-17(10)5-2/h14H,4-8H2,1-3H3,(H,15,18). The van der Waals surface area contributed by atoms with Crippen LogP contribution in [0.15, 0.2) is 4.47 Å². The Hall–Kier alpha value is -0.880. The third kappa shape index (κ3) is 4.10. The van der Waals surface area contributed by atoms with Crippen molar-refractivity contribution in [1.82, 2.24) is 20.4 Å². The first-order valence-electron chi connectivity index (χ1n) is 6.29. The van der Waals surface area contributed by atoms with E-state index in [1.807, 2.05) is 18.5 Å². The Balaban J connectivity index is 2.46. The summed E-state index contributed by atoms with van der Waals surface area (Å²) in [6, 6.07) is 0. The van der Waals surface area contributed by atoms with Gasteiger partial charge in [0.2, 0.25) is 5.91 Å². The van der Waals surface area contributed by atoms with E-state index in [2.05, 4.69) is 38.6 Å². The molecular formula is C12H21BrN4O. The molecule has 2 N–H and O–H groups in total. The Morgan fingerprint density at radius 2 is 2.17 bits per heavy atom. The van der Waals surface area contributed by atoms with Gasteiger partial charge in [0.25, 0.3) is 0 Å². The predicted molar refractivity (Wildman–Crippen MR) is 75.3 cm³/mol. The van der Waals surface area contributed by atoms with Crippen LogP contribution in [-0.2, 0) is 17.9 Å². The van der Waals surface area contributed by atoms with Gasteiger partial charge in [-0.2, -0.15) is 5.10 Å². The van der Waals surface area contributed by atoms with E-state index in [0.717, 1.165) is 35.4 Å². The molecule has 0 saturated heterocycles. The lowest BCUT2D eigenvalue weighted by molar-refractivity contribution is -0.120. The number of hydrogen-bond donors (Lipinski definition) is 2. The summed E-state index contributed by atoms with van der Waals surface area (Å²) in [5.74, 6) is 0.0345. The molecule has 1 rings (SSSR count). The van der Waals surface area contributed by atoms with Crippen molar-refractivity contribution >= 4 is 21.8 Å². The number of aromatic nitrogens is 2. The number of nitrogens with zero attached hydrogens (tertiary/aromatic N) is 2. The first kappa shape index (κ1) is 15.2. The number of rotatable bonds is 7. The molecule has 6 heteroatoms. The third-order valence-electron chi connectivity index (χ3n) is 2.60. The third-order valence-corrected chi connectivity index (χ3v) is 3.63. The number of amides is 1. The molecule has 1 amide bonds. The second kappa shape index (κ2) is 7.53. The van der Waals surface area contributed by atoms with Crippen LogP contribution in [-0.4, -0.2) is 28.8 Å². The van der Waals surface area contributed by atoms with Crippen molar-refractivity contribution in [3.05, 3.63) is 15.9 Å². The van der Waals surface area contributed by atoms with E-state index in [4.69, 9.17) is 0 Å². The van der Waals surface area contributed by atoms with Gasteiger partial charge in [-0.1, -0.05) is 6.92 Å². The summed E-state index contributed by atoms with van der Waals surface area (Å²) in [7, 11) is 0.